The van der Waals surface area contributed by atoms with E-state index >= 15 is 0 Å². The summed E-state index contributed by atoms with van der Waals surface area (Å²) in [5, 5.41) is 0. The zero-order valence-corrected chi connectivity index (χ0v) is 10.4. The van der Waals surface area contributed by atoms with E-state index in [1.807, 2.05) is 13.8 Å². The molecule has 0 fully saturated rings. The minimum Gasteiger partial charge on any atom is -0.330 e. The summed E-state index contributed by atoms with van der Waals surface area (Å²) >= 11 is 0. The van der Waals surface area contributed by atoms with Gasteiger partial charge in [0.25, 0.3) is 0 Å². The average Bonchev–Trinajstić information content (AvgIpc) is 2.22. The smallest absolute Gasteiger partial charge is 0.227 e. The Hall–Kier alpha value is -0.550. The highest BCUT2D eigenvalue weighted by atomic mass is 14.8. The van der Waals surface area contributed by atoms with Gasteiger partial charge in [0.15, 0.2) is 0 Å². The molecular formula is C13H26N2. The molecular weight excluding hydrogens is 184 g/mol. The van der Waals surface area contributed by atoms with Gasteiger partial charge >= 0.3 is 0 Å². The Balaban J connectivity index is 3.16. The van der Waals surface area contributed by atoms with Gasteiger partial charge in [-0.05, 0) is 19.4 Å². The van der Waals surface area contributed by atoms with E-state index in [1.54, 1.807) is 0 Å². The third kappa shape index (κ3) is 9.75. The van der Waals surface area contributed by atoms with Crippen LogP contribution >= 0.6 is 0 Å². The van der Waals surface area contributed by atoms with E-state index in [9.17, 15) is 0 Å². The Morgan fingerprint density at radius 3 is 1.87 bits per heavy atom. The number of rotatable bonds is 9. The monoisotopic (exact) mass is 210 g/mol. The van der Waals surface area contributed by atoms with Gasteiger partial charge in [0.2, 0.25) is 5.54 Å². The second-order valence-electron chi connectivity index (χ2n) is 4.94. The molecule has 0 radical (unpaired) electrons. The van der Waals surface area contributed by atoms with Gasteiger partial charge in [0, 0.05) is 20.3 Å². The van der Waals surface area contributed by atoms with Crippen molar-refractivity contribution in [1.29, 1.82) is 0 Å². The van der Waals surface area contributed by atoms with Gasteiger partial charge in [-0.2, -0.15) is 0 Å². The van der Waals surface area contributed by atoms with Gasteiger partial charge in [-0.1, -0.05) is 32.1 Å². The van der Waals surface area contributed by atoms with E-state index in [0.717, 1.165) is 13.0 Å². The first kappa shape index (κ1) is 14.5. The molecule has 0 aromatic rings. The molecule has 15 heavy (non-hydrogen) atoms. The zero-order chi connectivity index (χ0) is 11.6. The van der Waals surface area contributed by atoms with Crippen LogP contribution < -0.4 is 5.73 Å². The van der Waals surface area contributed by atoms with Gasteiger partial charge in [-0.15, -0.1) is 0 Å². The first-order chi connectivity index (χ1) is 7.12. The second-order valence-corrected chi connectivity index (χ2v) is 4.94. The lowest BCUT2D eigenvalue weighted by atomic mass is 9.97. The lowest BCUT2D eigenvalue weighted by Crippen LogP contribution is -2.12. The Bertz CT molecular complexity index is 179. The SMILES string of the molecule is [C-]#[N+]C(C)(C)CCCCCCCCCN. The summed E-state index contributed by atoms with van der Waals surface area (Å²) in [7, 11) is 0. The van der Waals surface area contributed by atoms with E-state index in [2.05, 4.69) is 4.85 Å². The van der Waals surface area contributed by atoms with Crippen LogP contribution in [0.3, 0.4) is 0 Å². The number of hydrogen-bond acceptors (Lipinski definition) is 1. The molecule has 0 aromatic carbocycles. The molecule has 0 heterocycles. The Morgan fingerprint density at radius 2 is 1.40 bits per heavy atom. The molecule has 0 bridgehead atoms. The van der Waals surface area contributed by atoms with Crippen molar-refractivity contribution in [2.45, 2.75) is 70.8 Å². The Kier molecular flexibility index (Phi) is 8.41. The van der Waals surface area contributed by atoms with Crippen molar-refractivity contribution in [3.63, 3.8) is 0 Å². The maximum Gasteiger partial charge on any atom is 0.227 e. The van der Waals surface area contributed by atoms with Crippen LogP contribution in [0.2, 0.25) is 0 Å². The molecule has 2 N–H and O–H groups in total. The molecule has 2 nitrogen and oxygen atoms in total. The largest absolute Gasteiger partial charge is 0.330 e. The number of nitrogens with zero attached hydrogens (tertiary/aromatic N) is 1. The Morgan fingerprint density at radius 1 is 0.933 bits per heavy atom. The number of unbranched alkanes of at least 4 members (excludes halogenated alkanes) is 6. The van der Waals surface area contributed by atoms with Crippen molar-refractivity contribution in [3.05, 3.63) is 11.4 Å². The molecule has 0 saturated heterocycles. The minimum absolute atomic E-state index is 0.139. The molecule has 0 unspecified atom stereocenters. The van der Waals surface area contributed by atoms with Crippen LogP contribution in [0.5, 0.6) is 0 Å². The van der Waals surface area contributed by atoms with Crippen molar-refractivity contribution < 1.29 is 0 Å². The molecule has 0 aromatic heterocycles. The highest BCUT2D eigenvalue weighted by molar-refractivity contribution is 4.88. The lowest BCUT2D eigenvalue weighted by Gasteiger charge is -2.10. The standard InChI is InChI=1S/C13H26N2/c1-13(2,15-3)11-9-7-5-4-6-8-10-12-14/h4-12,14H2,1-2H3. The van der Waals surface area contributed by atoms with Crippen molar-refractivity contribution in [2.24, 2.45) is 5.73 Å². The summed E-state index contributed by atoms with van der Waals surface area (Å²) in [4.78, 5) is 3.61. The molecule has 0 aliphatic carbocycles. The topological polar surface area (TPSA) is 30.4 Å². The van der Waals surface area contributed by atoms with Crippen LogP contribution in [0.1, 0.15) is 65.2 Å². The zero-order valence-electron chi connectivity index (χ0n) is 10.4. The summed E-state index contributed by atoms with van der Waals surface area (Å²) in [6, 6.07) is 0. The molecule has 0 atom stereocenters. The van der Waals surface area contributed by atoms with E-state index in [-0.39, 0.29) is 5.54 Å². The first-order valence-corrected chi connectivity index (χ1v) is 6.21. The van der Waals surface area contributed by atoms with E-state index in [0.29, 0.717) is 0 Å². The van der Waals surface area contributed by atoms with Gasteiger partial charge in [-0.25, -0.2) is 6.57 Å². The summed E-state index contributed by atoms with van der Waals surface area (Å²) in [6.07, 6.45) is 9.95. The summed E-state index contributed by atoms with van der Waals surface area (Å²) in [6.45, 7) is 11.9. The third-order valence-corrected chi connectivity index (χ3v) is 2.80. The molecule has 0 spiro atoms. The quantitative estimate of drug-likeness (QED) is 0.456. The van der Waals surface area contributed by atoms with Crippen molar-refractivity contribution in [2.75, 3.05) is 6.54 Å². The van der Waals surface area contributed by atoms with E-state index in [4.69, 9.17) is 12.3 Å². The highest BCUT2D eigenvalue weighted by Crippen LogP contribution is 2.19. The first-order valence-electron chi connectivity index (χ1n) is 6.21. The number of nitrogens with two attached hydrogens (primary N) is 1. The molecule has 0 rings (SSSR count). The van der Waals surface area contributed by atoms with Crippen molar-refractivity contribution in [1.82, 2.24) is 0 Å². The molecule has 88 valence electrons. The fraction of sp³-hybridized carbons (Fsp3) is 0.923. The summed E-state index contributed by atoms with van der Waals surface area (Å²) < 4.78 is 0. The van der Waals surface area contributed by atoms with E-state index < -0.39 is 0 Å². The van der Waals surface area contributed by atoms with Gasteiger partial charge in [0.05, 0.1) is 0 Å². The van der Waals surface area contributed by atoms with Crippen molar-refractivity contribution >= 4 is 0 Å². The third-order valence-electron chi connectivity index (χ3n) is 2.80. The van der Waals surface area contributed by atoms with Gasteiger partial charge < -0.3 is 10.6 Å². The van der Waals surface area contributed by atoms with Crippen LogP contribution in [-0.2, 0) is 0 Å². The van der Waals surface area contributed by atoms with Gasteiger partial charge in [0.1, 0.15) is 0 Å². The molecule has 0 saturated carbocycles. The van der Waals surface area contributed by atoms with Crippen molar-refractivity contribution in [3.8, 4) is 0 Å². The minimum atomic E-state index is -0.139. The summed E-state index contributed by atoms with van der Waals surface area (Å²) in [5.74, 6) is 0. The predicted molar refractivity (Wildman–Crippen MR) is 66.7 cm³/mol. The Labute approximate surface area is 95.1 Å². The average molecular weight is 210 g/mol. The van der Waals surface area contributed by atoms with E-state index in [1.165, 1.54) is 44.9 Å². The highest BCUT2D eigenvalue weighted by Gasteiger charge is 2.21. The fourth-order valence-electron chi connectivity index (χ4n) is 1.64. The van der Waals surface area contributed by atoms with Crippen LogP contribution in [0.25, 0.3) is 4.85 Å². The molecule has 2 heteroatoms. The molecule has 0 aliphatic heterocycles. The van der Waals surface area contributed by atoms with Crippen LogP contribution in [0, 0.1) is 6.57 Å². The maximum absolute atomic E-state index is 7.01. The molecule has 0 aliphatic rings. The van der Waals surface area contributed by atoms with Gasteiger partial charge in [-0.3, -0.25) is 0 Å². The van der Waals surface area contributed by atoms with Crippen LogP contribution in [0.4, 0.5) is 0 Å². The summed E-state index contributed by atoms with van der Waals surface area (Å²) in [5.41, 5.74) is 5.29. The lowest BCUT2D eigenvalue weighted by molar-refractivity contribution is 0.495. The maximum atomic E-state index is 7.01. The van der Waals surface area contributed by atoms with Crippen LogP contribution in [0.15, 0.2) is 0 Å². The normalized spacial score (nSPS) is 11.3. The fourth-order valence-corrected chi connectivity index (χ4v) is 1.64. The second kappa shape index (κ2) is 8.73. The predicted octanol–water partition coefficient (Wildman–Crippen LogP) is 3.76. The molecule has 0 amide bonds. The number of hydrogen-bond donors (Lipinski definition) is 1. The van der Waals surface area contributed by atoms with Crippen LogP contribution in [-0.4, -0.2) is 12.1 Å².